The van der Waals surface area contributed by atoms with E-state index in [4.69, 9.17) is 0 Å². The van der Waals surface area contributed by atoms with Crippen LogP contribution in [0.4, 0.5) is 10.1 Å². The lowest BCUT2D eigenvalue weighted by molar-refractivity contribution is -0.140. The second-order valence-electron chi connectivity index (χ2n) is 10.2. The molecule has 212 valence electrons. The molecular weight excluding hydrogens is 529 g/mol. The van der Waals surface area contributed by atoms with Crippen LogP contribution in [-0.4, -0.2) is 43.8 Å². The minimum atomic E-state index is -4.23. The molecule has 0 bridgehead atoms. The summed E-state index contributed by atoms with van der Waals surface area (Å²) in [6.45, 7) is 3.42. The Morgan fingerprint density at radius 3 is 2.27 bits per heavy atom. The molecule has 2 amide bonds. The van der Waals surface area contributed by atoms with Gasteiger partial charge in [-0.1, -0.05) is 67.8 Å². The molecule has 0 radical (unpaired) electrons. The van der Waals surface area contributed by atoms with Crippen molar-refractivity contribution in [3.63, 3.8) is 0 Å². The van der Waals surface area contributed by atoms with E-state index < -0.39 is 34.3 Å². The number of rotatable bonds is 11. The Bertz CT molecular complexity index is 1410. The molecule has 0 aromatic heterocycles. The Labute approximate surface area is 236 Å². The van der Waals surface area contributed by atoms with E-state index in [9.17, 15) is 22.4 Å². The molecular formula is C31H36FN3O4S. The molecule has 1 aliphatic rings. The van der Waals surface area contributed by atoms with Gasteiger partial charge in [-0.05, 0) is 68.1 Å². The van der Waals surface area contributed by atoms with Gasteiger partial charge in [0.25, 0.3) is 10.0 Å². The second kappa shape index (κ2) is 13.1. The molecule has 1 atom stereocenters. The highest BCUT2D eigenvalue weighted by Gasteiger charge is 2.34. The van der Waals surface area contributed by atoms with E-state index in [2.05, 4.69) is 5.32 Å². The van der Waals surface area contributed by atoms with Crippen molar-refractivity contribution in [2.75, 3.05) is 10.8 Å². The van der Waals surface area contributed by atoms with Crippen molar-refractivity contribution in [2.24, 2.45) is 0 Å². The number of aryl methyl sites for hydroxylation is 1. The van der Waals surface area contributed by atoms with Crippen LogP contribution in [-0.2, 0) is 26.2 Å². The number of para-hydroxylation sites is 1. The van der Waals surface area contributed by atoms with Crippen LogP contribution < -0.4 is 9.62 Å². The third kappa shape index (κ3) is 7.07. The summed E-state index contributed by atoms with van der Waals surface area (Å²) in [6, 6.07) is 19.8. The van der Waals surface area contributed by atoms with Gasteiger partial charge in [0, 0.05) is 12.6 Å². The third-order valence-electron chi connectivity index (χ3n) is 7.25. The summed E-state index contributed by atoms with van der Waals surface area (Å²) in [7, 11) is -4.23. The highest BCUT2D eigenvalue weighted by atomic mass is 32.2. The summed E-state index contributed by atoms with van der Waals surface area (Å²) in [4.78, 5) is 28.9. The van der Waals surface area contributed by atoms with Gasteiger partial charge < -0.3 is 10.2 Å². The molecule has 0 unspecified atom stereocenters. The fraction of sp³-hybridized carbons (Fsp3) is 0.355. The minimum Gasteiger partial charge on any atom is -0.352 e. The van der Waals surface area contributed by atoms with Gasteiger partial charge in [-0.25, -0.2) is 12.8 Å². The van der Waals surface area contributed by atoms with Crippen LogP contribution in [0.5, 0.6) is 0 Å². The zero-order chi connectivity index (χ0) is 28.7. The maximum absolute atomic E-state index is 14.1. The smallest absolute Gasteiger partial charge is 0.264 e. The highest BCUT2D eigenvalue weighted by molar-refractivity contribution is 7.92. The fourth-order valence-corrected chi connectivity index (χ4v) is 6.57. The van der Waals surface area contributed by atoms with Gasteiger partial charge in [0.05, 0.1) is 10.6 Å². The summed E-state index contributed by atoms with van der Waals surface area (Å²) in [5, 5.41) is 3.11. The van der Waals surface area contributed by atoms with Crippen molar-refractivity contribution in [1.82, 2.24) is 10.2 Å². The summed E-state index contributed by atoms with van der Waals surface area (Å²) in [5.41, 5.74) is 2.14. The molecule has 0 heterocycles. The highest BCUT2D eigenvalue weighted by Crippen LogP contribution is 2.25. The van der Waals surface area contributed by atoms with E-state index in [0.717, 1.165) is 53.2 Å². The molecule has 7 nitrogen and oxygen atoms in total. The van der Waals surface area contributed by atoms with E-state index >= 15 is 0 Å². The monoisotopic (exact) mass is 565 g/mol. The average Bonchev–Trinajstić information content (AvgIpc) is 3.45. The summed E-state index contributed by atoms with van der Waals surface area (Å²) in [6.07, 6.45) is 4.30. The van der Waals surface area contributed by atoms with Crippen LogP contribution in [0.1, 0.15) is 50.2 Å². The van der Waals surface area contributed by atoms with Crippen molar-refractivity contribution in [1.29, 1.82) is 0 Å². The lowest BCUT2D eigenvalue weighted by Crippen LogP contribution is -2.53. The van der Waals surface area contributed by atoms with Gasteiger partial charge in [0.2, 0.25) is 11.8 Å². The van der Waals surface area contributed by atoms with Crippen molar-refractivity contribution in [3.05, 3.63) is 95.8 Å². The van der Waals surface area contributed by atoms with E-state index in [-0.39, 0.29) is 23.4 Å². The van der Waals surface area contributed by atoms with Crippen LogP contribution in [0.2, 0.25) is 0 Å². The number of sulfonamides is 1. The first-order valence-corrected chi connectivity index (χ1v) is 15.1. The molecule has 0 saturated heterocycles. The number of hydrogen-bond acceptors (Lipinski definition) is 4. The molecule has 40 heavy (non-hydrogen) atoms. The Hall–Kier alpha value is -3.72. The lowest BCUT2D eigenvalue weighted by Gasteiger charge is -2.33. The van der Waals surface area contributed by atoms with Crippen LogP contribution in [0.3, 0.4) is 0 Å². The summed E-state index contributed by atoms with van der Waals surface area (Å²) in [5.74, 6) is -1.31. The number of halogens is 1. The zero-order valence-electron chi connectivity index (χ0n) is 22.9. The summed E-state index contributed by atoms with van der Waals surface area (Å²) < 4.78 is 42.1. The number of carbonyl (C=O) groups is 2. The maximum atomic E-state index is 14.1. The molecule has 4 rings (SSSR count). The van der Waals surface area contributed by atoms with Crippen LogP contribution in [0, 0.1) is 12.7 Å². The van der Waals surface area contributed by atoms with E-state index in [1.807, 2.05) is 38.1 Å². The van der Waals surface area contributed by atoms with E-state index in [0.29, 0.717) is 12.1 Å². The average molecular weight is 566 g/mol. The molecule has 3 aromatic rings. The molecule has 9 heteroatoms. The standard InChI is InChI=1S/C31H36FN3O4S/c1-3-29(31(37)33-26-12-7-8-13-26)34(21-24-11-9-10-23(2)20-24)30(36)22-35(27-14-5-4-6-15-27)40(38,39)28-18-16-25(32)17-19-28/h4-6,9-11,14-20,26,29H,3,7-8,12-13,21-22H2,1-2H3,(H,33,37)/t29-/m1/s1. The van der Waals surface area contributed by atoms with Crippen molar-refractivity contribution < 1.29 is 22.4 Å². The first-order valence-electron chi connectivity index (χ1n) is 13.7. The molecule has 1 saturated carbocycles. The van der Waals surface area contributed by atoms with Crippen molar-refractivity contribution >= 4 is 27.5 Å². The van der Waals surface area contributed by atoms with Crippen molar-refractivity contribution in [3.8, 4) is 0 Å². The number of carbonyl (C=O) groups excluding carboxylic acids is 2. The molecule has 1 aliphatic carbocycles. The first kappa shape index (κ1) is 29.3. The predicted molar refractivity (Wildman–Crippen MR) is 154 cm³/mol. The number of hydrogen-bond donors (Lipinski definition) is 1. The van der Waals surface area contributed by atoms with E-state index in [1.54, 1.807) is 30.3 Å². The van der Waals surface area contributed by atoms with Crippen LogP contribution in [0.15, 0.2) is 83.8 Å². The molecule has 1 N–H and O–H groups in total. The van der Waals surface area contributed by atoms with Crippen LogP contribution >= 0.6 is 0 Å². The number of anilines is 1. The largest absolute Gasteiger partial charge is 0.352 e. The quantitative estimate of drug-likeness (QED) is 0.347. The topological polar surface area (TPSA) is 86.8 Å². The third-order valence-corrected chi connectivity index (χ3v) is 9.04. The normalized spacial score (nSPS) is 14.5. The maximum Gasteiger partial charge on any atom is 0.264 e. The minimum absolute atomic E-state index is 0.0807. The predicted octanol–water partition coefficient (Wildman–Crippen LogP) is 5.20. The summed E-state index contributed by atoms with van der Waals surface area (Å²) >= 11 is 0. The van der Waals surface area contributed by atoms with Gasteiger partial charge >= 0.3 is 0 Å². The van der Waals surface area contributed by atoms with Gasteiger partial charge in [0.1, 0.15) is 18.4 Å². The molecule has 3 aromatic carbocycles. The number of amides is 2. The van der Waals surface area contributed by atoms with Gasteiger partial charge in [-0.2, -0.15) is 0 Å². The van der Waals surface area contributed by atoms with Crippen molar-refractivity contribution in [2.45, 2.75) is 69.5 Å². The Kier molecular flexibility index (Phi) is 9.58. The fourth-order valence-electron chi connectivity index (χ4n) is 5.15. The first-order chi connectivity index (χ1) is 19.2. The van der Waals surface area contributed by atoms with Gasteiger partial charge in [-0.3, -0.25) is 13.9 Å². The number of nitrogens with zero attached hydrogens (tertiary/aromatic N) is 2. The zero-order valence-corrected chi connectivity index (χ0v) is 23.7. The Balaban J connectivity index is 1.69. The molecule has 1 fully saturated rings. The lowest BCUT2D eigenvalue weighted by atomic mass is 10.1. The molecule has 0 aliphatic heterocycles. The molecule has 0 spiro atoms. The Morgan fingerprint density at radius 1 is 0.975 bits per heavy atom. The SMILES string of the molecule is CC[C@H](C(=O)NC1CCCC1)N(Cc1cccc(C)c1)C(=O)CN(c1ccccc1)S(=O)(=O)c1ccc(F)cc1. The Morgan fingerprint density at radius 2 is 1.65 bits per heavy atom. The van der Waals surface area contributed by atoms with E-state index in [1.165, 1.54) is 17.0 Å². The number of nitrogens with one attached hydrogen (secondary N) is 1. The van der Waals surface area contributed by atoms with Gasteiger partial charge in [0.15, 0.2) is 0 Å². The van der Waals surface area contributed by atoms with Gasteiger partial charge in [-0.15, -0.1) is 0 Å². The van der Waals surface area contributed by atoms with Crippen LogP contribution in [0.25, 0.3) is 0 Å². The second-order valence-corrected chi connectivity index (χ2v) is 12.1. The number of benzene rings is 3.